The number of hydrogen-bond acceptors (Lipinski definition) is 3. The molecule has 4 nitrogen and oxygen atoms in total. The molecule has 1 heterocycles. The Morgan fingerprint density at radius 1 is 1.19 bits per heavy atom. The van der Waals surface area contributed by atoms with E-state index in [1.807, 2.05) is 4.90 Å². The van der Waals surface area contributed by atoms with E-state index in [-0.39, 0.29) is 11.9 Å². The van der Waals surface area contributed by atoms with Crippen LogP contribution in [0.2, 0.25) is 0 Å². The molecule has 1 saturated heterocycles. The van der Waals surface area contributed by atoms with Crippen molar-refractivity contribution in [3.63, 3.8) is 0 Å². The van der Waals surface area contributed by atoms with E-state index in [0.29, 0.717) is 11.3 Å². The second-order valence-corrected chi connectivity index (χ2v) is 4.25. The monoisotopic (exact) mass is 219 g/mol. The molecule has 0 atom stereocenters. The molecule has 0 radical (unpaired) electrons. The van der Waals surface area contributed by atoms with Gasteiger partial charge in [0, 0.05) is 30.4 Å². The summed E-state index contributed by atoms with van der Waals surface area (Å²) in [6, 6.07) is 7.29. The molecule has 86 valence electrons. The topological polar surface area (TPSA) is 72.4 Å². The zero-order valence-corrected chi connectivity index (χ0v) is 9.23. The number of hydrogen-bond donors (Lipinski definition) is 2. The number of nitrogens with zero attached hydrogens (tertiary/aromatic N) is 1. The summed E-state index contributed by atoms with van der Waals surface area (Å²) in [7, 11) is 0. The molecule has 1 aliphatic rings. The highest BCUT2D eigenvalue weighted by atomic mass is 16.2. The number of amides is 1. The third kappa shape index (κ3) is 2.33. The quantitative estimate of drug-likeness (QED) is 0.687. The minimum Gasteiger partial charge on any atom is -0.399 e. The summed E-state index contributed by atoms with van der Waals surface area (Å²) in [5.41, 5.74) is 12.8. The van der Waals surface area contributed by atoms with Gasteiger partial charge < -0.3 is 16.4 Å². The second-order valence-electron chi connectivity index (χ2n) is 4.25. The van der Waals surface area contributed by atoms with Gasteiger partial charge in [-0.05, 0) is 37.1 Å². The number of anilines is 1. The maximum Gasteiger partial charge on any atom is 0.253 e. The standard InChI is InChI=1S/C12H17N3O/c13-10-3-1-9(2-4-10)12(16)15-7-5-11(14)6-8-15/h1-4,11H,5-8,13-14H2. The van der Waals surface area contributed by atoms with E-state index in [9.17, 15) is 4.79 Å². The van der Waals surface area contributed by atoms with Crippen LogP contribution in [0.3, 0.4) is 0 Å². The SMILES string of the molecule is Nc1ccc(C(=O)N2CCC(N)CC2)cc1. The Kier molecular flexibility index (Phi) is 3.10. The van der Waals surface area contributed by atoms with Crippen LogP contribution >= 0.6 is 0 Å². The Hall–Kier alpha value is -1.55. The minimum absolute atomic E-state index is 0.0758. The summed E-state index contributed by atoms with van der Waals surface area (Å²) in [5, 5.41) is 0. The van der Waals surface area contributed by atoms with Gasteiger partial charge in [-0.3, -0.25) is 4.79 Å². The average Bonchev–Trinajstić information content (AvgIpc) is 2.30. The lowest BCUT2D eigenvalue weighted by atomic mass is 10.0. The Bertz CT molecular complexity index is 366. The minimum atomic E-state index is 0.0758. The first-order valence-electron chi connectivity index (χ1n) is 5.57. The number of rotatable bonds is 1. The zero-order chi connectivity index (χ0) is 11.5. The number of nitrogens with two attached hydrogens (primary N) is 2. The highest BCUT2D eigenvalue weighted by molar-refractivity contribution is 5.94. The van der Waals surface area contributed by atoms with Crippen molar-refractivity contribution in [1.29, 1.82) is 0 Å². The lowest BCUT2D eigenvalue weighted by Gasteiger charge is -2.30. The fourth-order valence-electron chi connectivity index (χ4n) is 1.91. The molecular formula is C12H17N3O. The van der Waals surface area contributed by atoms with E-state index in [4.69, 9.17) is 11.5 Å². The van der Waals surface area contributed by atoms with E-state index >= 15 is 0 Å². The third-order valence-electron chi connectivity index (χ3n) is 2.98. The van der Waals surface area contributed by atoms with Crippen molar-refractivity contribution in [2.24, 2.45) is 5.73 Å². The molecule has 2 rings (SSSR count). The molecule has 0 unspecified atom stereocenters. The second kappa shape index (κ2) is 4.53. The van der Waals surface area contributed by atoms with Crippen molar-refractivity contribution < 1.29 is 4.79 Å². The van der Waals surface area contributed by atoms with Gasteiger partial charge >= 0.3 is 0 Å². The maximum atomic E-state index is 12.1. The van der Waals surface area contributed by atoms with Crippen LogP contribution in [-0.2, 0) is 0 Å². The molecule has 0 saturated carbocycles. The number of nitrogen functional groups attached to an aromatic ring is 1. The van der Waals surface area contributed by atoms with Crippen LogP contribution in [0.15, 0.2) is 24.3 Å². The predicted molar refractivity (Wildman–Crippen MR) is 64.0 cm³/mol. The molecule has 0 aliphatic carbocycles. The van der Waals surface area contributed by atoms with Gasteiger partial charge in [-0.25, -0.2) is 0 Å². The molecule has 1 aromatic rings. The molecule has 4 heteroatoms. The summed E-state index contributed by atoms with van der Waals surface area (Å²) in [6.07, 6.45) is 1.78. The predicted octanol–water partition coefficient (Wildman–Crippen LogP) is 0.832. The van der Waals surface area contributed by atoms with Gasteiger partial charge in [0.2, 0.25) is 0 Å². The van der Waals surface area contributed by atoms with Crippen molar-refractivity contribution in [3.05, 3.63) is 29.8 Å². The summed E-state index contributed by atoms with van der Waals surface area (Å²) in [6.45, 7) is 1.51. The van der Waals surface area contributed by atoms with Crippen LogP contribution in [0.25, 0.3) is 0 Å². The molecule has 1 fully saturated rings. The van der Waals surface area contributed by atoms with E-state index in [2.05, 4.69) is 0 Å². The summed E-state index contributed by atoms with van der Waals surface area (Å²) in [4.78, 5) is 13.9. The molecule has 1 amide bonds. The van der Waals surface area contributed by atoms with E-state index in [1.54, 1.807) is 24.3 Å². The number of piperidine rings is 1. The largest absolute Gasteiger partial charge is 0.399 e. The van der Waals surface area contributed by atoms with Crippen molar-refractivity contribution in [1.82, 2.24) is 4.90 Å². The van der Waals surface area contributed by atoms with Crippen LogP contribution in [0.5, 0.6) is 0 Å². The Morgan fingerprint density at radius 2 is 1.75 bits per heavy atom. The molecule has 0 bridgehead atoms. The molecule has 1 aliphatic heterocycles. The smallest absolute Gasteiger partial charge is 0.253 e. The lowest BCUT2D eigenvalue weighted by Crippen LogP contribution is -2.42. The van der Waals surface area contributed by atoms with Gasteiger partial charge in [0.25, 0.3) is 5.91 Å². The molecule has 0 aromatic heterocycles. The first-order valence-corrected chi connectivity index (χ1v) is 5.57. The Balaban J connectivity index is 2.05. The summed E-state index contributed by atoms with van der Waals surface area (Å²) < 4.78 is 0. The van der Waals surface area contributed by atoms with Gasteiger partial charge in [0.15, 0.2) is 0 Å². The first-order chi connectivity index (χ1) is 7.66. The van der Waals surface area contributed by atoms with Crippen LogP contribution < -0.4 is 11.5 Å². The fraction of sp³-hybridized carbons (Fsp3) is 0.417. The van der Waals surface area contributed by atoms with Gasteiger partial charge in [0.05, 0.1) is 0 Å². The number of likely N-dealkylation sites (tertiary alicyclic amines) is 1. The zero-order valence-electron chi connectivity index (χ0n) is 9.23. The third-order valence-corrected chi connectivity index (χ3v) is 2.98. The Morgan fingerprint density at radius 3 is 2.31 bits per heavy atom. The maximum absolute atomic E-state index is 12.1. The molecule has 0 spiro atoms. The first kappa shape index (κ1) is 11.0. The Labute approximate surface area is 95.2 Å². The van der Waals surface area contributed by atoms with Crippen molar-refractivity contribution >= 4 is 11.6 Å². The highest BCUT2D eigenvalue weighted by Crippen LogP contribution is 2.13. The molecular weight excluding hydrogens is 202 g/mol. The van der Waals surface area contributed by atoms with E-state index in [1.165, 1.54) is 0 Å². The van der Waals surface area contributed by atoms with Gasteiger partial charge in [-0.1, -0.05) is 0 Å². The van der Waals surface area contributed by atoms with Gasteiger partial charge in [-0.15, -0.1) is 0 Å². The number of carbonyl (C=O) groups excluding carboxylic acids is 1. The summed E-state index contributed by atoms with van der Waals surface area (Å²) in [5.74, 6) is 0.0758. The van der Waals surface area contributed by atoms with Crippen molar-refractivity contribution in [2.45, 2.75) is 18.9 Å². The summed E-state index contributed by atoms with van der Waals surface area (Å²) >= 11 is 0. The van der Waals surface area contributed by atoms with Crippen LogP contribution in [0, 0.1) is 0 Å². The molecule has 1 aromatic carbocycles. The van der Waals surface area contributed by atoms with Crippen LogP contribution in [0.4, 0.5) is 5.69 Å². The van der Waals surface area contributed by atoms with Crippen LogP contribution in [0.1, 0.15) is 23.2 Å². The van der Waals surface area contributed by atoms with Crippen LogP contribution in [-0.4, -0.2) is 29.9 Å². The van der Waals surface area contributed by atoms with Gasteiger partial charge in [0.1, 0.15) is 0 Å². The average molecular weight is 219 g/mol. The molecule has 4 N–H and O–H groups in total. The number of benzene rings is 1. The van der Waals surface area contributed by atoms with E-state index in [0.717, 1.165) is 25.9 Å². The normalized spacial score (nSPS) is 17.4. The molecule has 16 heavy (non-hydrogen) atoms. The van der Waals surface area contributed by atoms with Gasteiger partial charge in [-0.2, -0.15) is 0 Å². The van der Waals surface area contributed by atoms with E-state index < -0.39 is 0 Å². The highest BCUT2D eigenvalue weighted by Gasteiger charge is 2.21. The fourth-order valence-corrected chi connectivity index (χ4v) is 1.91. The van der Waals surface area contributed by atoms with Crippen molar-refractivity contribution in [3.8, 4) is 0 Å². The van der Waals surface area contributed by atoms with Crippen molar-refractivity contribution in [2.75, 3.05) is 18.8 Å². The number of carbonyl (C=O) groups is 1. The lowest BCUT2D eigenvalue weighted by molar-refractivity contribution is 0.0715.